The van der Waals surface area contributed by atoms with Crippen molar-refractivity contribution in [3.63, 3.8) is 0 Å². The summed E-state index contributed by atoms with van der Waals surface area (Å²) < 4.78 is 5.16. The van der Waals surface area contributed by atoms with Crippen molar-refractivity contribution >= 4 is 17.5 Å². The summed E-state index contributed by atoms with van der Waals surface area (Å²) in [6.07, 6.45) is 0. The third-order valence-electron chi connectivity index (χ3n) is 3.11. The van der Waals surface area contributed by atoms with E-state index in [0.29, 0.717) is 10.8 Å². The molecular formula is C16H16ClNO3. The Hall–Kier alpha value is -2.04. The number of benzene rings is 2. The first-order chi connectivity index (χ1) is 10.2. The summed E-state index contributed by atoms with van der Waals surface area (Å²) in [7, 11) is 1.48. The van der Waals surface area contributed by atoms with Crippen LogP contribution in [0.1, 0.15) is 22.0 Å². The average Bonchev–Trinajstić information content (AvgIpc) is 2.52. The summed E-state index contributed by atoms with van der Waals surface area (Å²) in [6, 6.07) is 13.7. The van der Waals surface area contributed by atoms with Gasteiger partial charge >= 0.3 is 0 Å². The highest BCUT2D eigenvalue weighted by Gasteiger charge is 2.20. The van der Waals surface area contributed by atoms with Gasteiger partial charge in [-0.25, -0.2) is 0 Å². The second-order valence-electron chi connectivity index (χ2n) is 4.44. The summed E-state index contributed by atoms with van der Waals surface area (Å²) in [5, 5.41) is 12.6. The molecule has 21 heavy (non-hydrogen) atoms. The molecule has 110 valence electrons. The van der Waals surface area contributed by atoms with Crippen LogP contribution >= 0.6 is 11.6 Å². The van der Waals surface area contributed by atoms with Crippen molar-refractivity contribution in [1.29, 1.82) is 0 Å². The van der Waals surface area contributed by atoms with E-state index in [1.165, 1.54) is 7.11 Å². The summed E-state index contributed by atoms with van der Waals surface area (Å²) in [4.78, 5) is 12.4. The highest BCUT2D eigenvalue weighted by atomic mass is 35.5. The minimum absolute atomic E-state index is 0.206. The first kappa shape index (κ1) is 15.4. The van der Waals surface area contributed by atoms with Crippen LogP contribution in [0.2, 0.25) is 5.02 Å². The Morgan fingerprint density at radius 2 is 1.95 bits per heavy atom. The molecule has 2 aromatic rings. The van der Waals surface area contributed by atoms with Gasteiger partial charge in [0.25, 0.3) is 5.91 Å². The summed E-state index contributed by atoms with van der Waals surface area (Å²) in [6.45, 7) is -0.206. The van der Waals surface area contributed by atoms with Crippen molar-refractivity contribution < 1.29 is 14.6 Å². The summed E-state index contributed by atoms with van der Waals surface area (Å²) >= 11 is 6.07. The highest BCUT2D eigenvalue weighted by molar-refractivity contribution is 6.34. The maximum atomic E-state index is 12.4. The van der Waals surface area contributed by atoms with E-state index in [2.05, 4.69) is 5.32 Å². The maximum Gasteiger partial charge on any atom is 0.257 e. The maximum absolute atomic E-state index is 12.4. The Morgan fingerprint density at radius 3 is 2.57 bits per heavy atom. The molecule has 0 heterocycles. The number of nitrogens with one attached hydrogen (secondary N) is 1. The van der Waals surface area contributed by atoms with Crippen LogP contribution in [0.15, 0.2) is 48.5 Å². The molecule has 1 amide bonds. The first-order valence-electron chi connectivity index (χ1n) is 6.46. The van der Waals surface area contributed by atoms with Crippen LogP contribution in [0.5, 0.6) is 5.75 Å². The lowest BCUT2D eigenvalue weighted by atomic mass is 10.1. The van der Waals surface area contributed by atoms with Crippen LogP contribution in [0.25, 0.3) is 0 Å². The Balaban J connectivity index is 2.25. The number of aliphatic hydroxyl groups excluding tert-OH is 1. The predicted molar refractivity (Wildman–Crippen MR) is 81.7 cm³/mol. The zero-order valence-corrected chi connectivity index (χ0v) is 12.3. The number of hydrogen-bond donors (Lipinski definition) is 2. The molecule has 0 fully saturated rings. The number of aliphatic hydroxyl groups is 1. The zero-order chi connectivity index (χ0) is 15.2. The molecule has 0 bridgehead atoms. The zero-order valence-electron chi connectivity index (χ0n) is 11.5. The summed E-state index contributed by atoms with van der Waals surface area (Å²) in [5.74, 6) is 0.00473. The van der Waals surface area contributed by atoms with E-state index in [1.54, 1.807) is 18.2 Å². The Morgan fingerprint density at radius 1 is 1.24 bits per heavy atom. The molecular weight excluding hydrogens is 290 g/mol. The van der Waals surface area contributed by atoms with E-state index < -0.39 is 6.04 Å². The van der Waals surface area contributed by atoms with E-state index in [1.807, 2.05) is 30.3 Å². The molecule has 2 N–H and O–H groups in total. The van der Waals surface area contributed by atoms with Crippen LogP contribution in [0.3, 0.4) is 0 Å². The second kappa shape index (κ2) is 7.11. The van der Waals surface area contributed by atoms with Gasteiger partial charge in [0.2, 0.25) is 0 Å². The molecule has 0 aliphatic rings. The van der Waals surface area contributed by atoms with Crippen LogP contribution in [-0.2, 0) is 0 Å². The van der Waals surface area contributed by atoms with Crippen molar-refractivity contribution in [3.05, 3.63) is 64.7 Å². The normalized spacial score (nSPS) is 11.8. The van der Waals surface area contributed by atoms with Crippen LogP contribution in [0.4, 0.5) is 0 Å². The topological polar surface area (TPSA) is 58.6 Å². The summed E-state index contributed by atoms with van der Waals surface area (Å²) in [5.41, 5.74) is 1.08. The van der Waals surface area contributed by atoms with Crippen molar-refractivity contribution in [2.75, 3.05) is 13.7 Å². The largest absolute Gasteiger partial charge is 0.496 e. The fraction of sp³-hybridized carbons (Fsp3) is 0.188. The van der Waals surface area contributed by atoms with Crippen LogP contribution < -0.4 is 10.1 Å². The van der Waals surface area contributed by atoms with Gasteiger partial charge in [0.1, 0.15) is 5.75 Å². The highest BCUT2D eigenvalue weighted by Crippen LogP contribution is 2.26. The molecule has 0 aliphatic carbocycles. The minimum Gasteiger partial charge on any atom is -0.496 e. The molecule has 0 saturated carbocycles. The van der Waals surface area contributed by atoms with E-state index in [0.717, 1.165) is 5.56 Å². The van der Waals surface area contributed by atoms with Gasteiger partial charge in [0.15, 0.2) is 0 Å². The first-order valence-corrected chi connectivity index (χ1v) is 6.84. The standard InChI is InChI=1S/C16H16ClNO3/c1-21-14-9-5-8-12(17)15(14)16(20)18-13(10-19)11-6-3-2-4-7-11/h2-9,13,19H,10H2,1H3,(H,18,20)/t13-/m1/s1. The molecule has 5 heteroatoms. The van der Waals surface area contributed by atoms with Gasteiger partial charge in [-0.1, -0.05) is 48.0 Å². The van der Waals surface area contributed by atoms with Gasteiger partial charge in [-0.3, -0.25) is 4.79 Å². The fourth-order valence-electron chi connectivity index (χ4n) is 2.04. The quantitative estimate of drug-likeness (QED) is 0.893. The monoisotopic (exact) mass is 305 g/mol. The molecule has 0 aromatic heterocycles. The van der Waals surface area contributed by atoms with Crippen molar-refractivity contribution in [1.82, 2.24) is 5.32 Å². The molecule has 0 saturated heterocycles. The van der Waals surface area contributed by atoms with E-state index >= 15 is 0 Å². The third-order valence-corrected chi connectivity index (χ3v) is 3.43. The van der Waals surface area contributed by atoms with Gasteiger partial charge in [0.05, 0.1) is 30.3 Å². The molecule has 0 aliphatic heterocycles. The van der Waals surface area contributed by atoms with Crippen molar-refractivity contribution in [2.24, 2.45) is 0 Å². The Kier molecular flexibility index (Phi) is 5.20. The SMILES string of the molecule is COc1cccc(Cl)c1C(=O)N[C@H](CO)c1ccccc1. The molecule has 2 rings (SSSR count). The average molecular weight is 306 g/mol. The molecule has 4 nitrogen and oxygen atoms in total. The number of ether oxygens (including phenoxy) is 1. The van der Waals surface area contributed by atoms with E-state index in [9.17, 15) is 9.90 Å². The molecule has 1 atom stereocenters. The minimum atomic E-state index is -0.500. The van der Waals surface area contributed by atoms with Crippen LogP contribution in [-0.4, -0.2) is 24.7 Å². The second-order valence-corrected chi connectivity index (χ2v) is 4.84. The number of carbonyl (C=O) groups is 1. The van der Waals surface area contributed by atoms with Gasteiger partial charge in [0, 0.05) is 0 Å². The van der Waals surface area contributed by atoms with Gasteiger partial charge in [-0.2, -0.15) is 0 Å². The van der Waals surface area contributed by atoms with Crippen molar-refractivity contribution in [3.8, 4) is 5.75 Å². The number of halogens is 1. The molecule has 0 unspecified atom stereocenters. The third kappa shape index (κ3) is 3.54. The molecule has 2 aromatic carbocycles. The smallest absolute Gasteiger partial charge is 0.257 e. The lowest BCUT2D eigenvalue weighted by molar-refractivity contribution is 0.0913. The molecule has 0 radical (unpaired) electrons. The lowest BCUT2D eigenvalue weighted by Gasteiger charge is -2.18. The predicted octanol–water partition coefficient (Wildman–Crippen LogP) is 2.81. The fourth-order valence-corrected chi connectivity index (χ4v) is 2.30. The van der Waals surface area contributed by atoms with Gasteiger partial charge in [-0.05, 0) is 17.7 Å². The van der Waals surface area contributed by atoms with E-state index in [4.69, 9.17) is 16.3 Å². The number of rotatable bonds is 5. The number of carbonyl (C=O) groups excluding carboxylic acids is 1. The Labute approximate surface area is 128 Å². The number of methoxy groups -OCH3 is 1. The van der Waals surface area contributed by atoms with Gasteiger partial charge < -0.3 is 15.2 Å². The Bertz CT molecular complexity index is 616. The van der Waals surface area contributed by atoms with Crippen LogP contribution in [0, 0.1) is 0 Å². The van der Waals surface area contributed by atoms with E-state index in [-0.39, 0.29) is 18.1 Å². The lowest BCUT2D eigenvalue weighted by Crippen LogP contribution is -2.31. The number of hydrogen-bond acceptors (Lipinski definition) is 3. The van der Waals surface area contributed by atoms with Crippen molar-refractivity contribution in [2.45, 2.75) is 6.04 Å². The van der Waals surface area contributed by atoms with Gasteiger partial charge in [-0.15, -0.1) is 0 Å². The molecule has 0 spiro atoms. The number of amides is 1.